The van der Waals surface area contributed by atoms with Crippen molar-refractivity contribution in [2.45, 2.75) is 44.4 Å². The first-order valence-electron chi connectivity index (χ1n) is 9.24. The average molecular weight is 363 g/mol. The van der Waals surface area contributed by atoms with Gasteiger partial charge in [0.2, 0.25) is 5.95 Å². The van der Waals surface area contributed by atoms with E-state index in [0.717, 1.165) is 30.7 Å². The molecular weight excluding hydrogens is 333 g/mol. The van der Waals surface area contributed by atoms with Gasteiger partial charge in [0, 0.05) is 37.0 Å². The van der Waals surface area contributed by atoms with Crippen LogP contribution in [-0.4, -0.2) is 47.5 Å². The second-order valence-electron chi connectivity index (χ2n) is 6.25. The minimum absolute atomic E-state index is 0.500. The predicted molar refractivity (Wildman–Crippen MR) is 104 cm³/mol. The second-order valence-corrected chi connectivity index (χ2v) is 6.25. The molecule has 26 heavy (non-hydrogen) atoms. The van der Waals surface area contributed by atoms with Crippen LogP contribution in [0.2, 0.25) is 0 Å². The molecule has 2 fully saturated rings. The number of nitrogens with one attached hydrogen (secondary N) is 2. The Balaban J connectivity index is 0.000000570. The summed E-state index contributed by atoms with van der Waals surface area (Å²) >= 11 is 0. The molecule has 1 aliphatic heterocycles. The lowest BCUT2D eigenvalue weighted by atomic mass is 10.0. The minimum Gasteiger partial charge on any atom is -0.341 e. The molecule has 8 heteroatoms. The molecule has 4 N–H and O–H groups in total. The highest BCUT2D eigenvalue weighted by molar-refractivity contribution is 5.53. The summed E-state index contributed by atoms with van der Waals surface area (Å²) in [5, 5.41) is 10.8. The molecule has 2 aliphatic rings. The normalized spacial score (nSPS) is 16.5. The highest BCUT2D eigenvalue weighted by Gasteiger charge is 2.19. The Hall–Kier alpha value is -2.22. The van der Waals surface area contributed by atoms with Crippen LogP contribution >= 0.6 is 0 Å². The molecule has 1 saturated carbocycles. The SMILES string of the molecule is CF.CN.c1cc(Nc2cc(C3CCCC3)[nH]n2)nc(N2CCCC2)n1. The molecule has 1 saturated heterocycles. The smallest absolute Gasteiger partial charge is 0.227 e. The summed E-state index contributed by atoms with van der Waals surface area (Å²) in [5.74, 6) is 3.11. The number of alkyl halides is 1. The van der Waals surface area contributed by atoms with E-state index in [9.17, 15) is 4.39 Å². The van der Waals surface area contributed by atoms with E-state index in [4.69, 9.17) is 0 Å². The fraction of sp³-hybridized carbons (Fsp3) is 0.611. The van der Waals surface area contributed by atoms with Crippen LogP contribution in [0.5, 0.6) is 0 Å². The van der Waals surface area contributed by atoms with E-state index in [1.165, 1.54) is 51.3 Å². The molecule has 0 spiro atoms. The number of H-pyrrole nitrogens is 1. The zero-order chi connectivity index (χ0) is 18.8. The maximum atomic E-state index is 9.50. The van der Waals surface area contributed by atoms with Crippen molar-refractivity contribution >= 4 is 17.6 Å². The van der Waals surface area contributed by atoms with Crippen LogP contribution < -0.4 is 16.0 Å². The van der Waals surface area contributed by atoms with Gasteiger partial charge in [-0.3, -0.25) is 9.49 Å². The number of nitrogens with two attached hydrogens (primary N) is 1. The third-order valence-electron chi connectivity index (χ3n) is 4.68. The summed E-state index contributed by atoms with van der Waals surface area (Å²) in [6.45, 7) is 2.11. The molecule has 0 bridgehead atoms. The molecule has 1 aliphatic carbocycles. The van der Waals surface area contributed by atoms with Crippen molar-refractivity contribution in [3.63, 3.8) is 0 Å². The molecule has 7 nitrogen and oxygen atoms in total. The number of hydrogen-bond donors (Lipinski definition) is 3. The molecular formula is C18H30FN7. The number of aromatic amines is 1. The zero-order valence-electron chi connectivity index (χ0n) is 15.7. The van der Waals surface area contributed by atoms with Gasteiger partial charge in [-0.25, -0.2) is 4.98 Å². The largest absolute Gasteiger partial charge is 0.341 e. The van der Waals surface area contributed by atoms with Gasteiger partial charge < -0.3 is 16.0 Å². The molecule has 4 rings (SSSR count). The predicted octanol–water partition coefficient (Wildman–Crippen LogP) is 3.36. The van der Waals surface area contributed by atoms with E-state index >= 15 is 0 Å². The first-order chi connectivity index (χ1) is 12.9. The van der Waals surface area contributed by atoms with Gasteiger partial charge in [0.25, 0.3) is 0 Å². The number of rotatable bonds is 4. The molecule has 0 atom stereocenters. The van der Waals surface area contributed by atoms with E-state index in [2.05, 4.69) is 42.2 Å². The number of anilines is 3. The van der Waals surface area contributed by atoms with Crippen molar-refractivity contribution in [2.75, 3.05) is 37.5 Å². The van der Waals surface area contributed by atoms with Gasteiger partial charge in [0.05, 0.1) is 7.18 Å². The van der Waals surface area contributed by atoms with Gasteiger partial charge in [0.1, 0.15) is 5.82 Å². The molecule has 0 radical (unpaired) electrons. The summed E-state index contributed by atoms with van der Waals surface area (Å²) in [5.41, 5.74) is 5.74. The Bertz CT molecular complexity index is 634. The van der Waals surface area contributed by atoms with E-state index < -0.39 is 0 Å². The van der Waals surface area contributed by atoms with Crippen LogP contribution in [0.25, 0.3) is 0 Å². The van der Waals surface area contributed by atoms with Crippen LogP contribution in [-0.2, 0) is 0 Å². The van der Waals surface area contributed by atoms with E-state index in [1.807, 2.05) is 12.3 Å². The summed E-state index contributed by atoms with van der Waals surface area (Å²) in [4.78, 5) is 11.2. The fourth-order valence-electron chi connectivity index (χ4n) is 3.47. The average Bonchev–Trinajstić information content (AvgIpc) is 3.47. The number of aromatic nitrogens is 4. The highest BCUT2D eigenvalue weighted by Crippen LogP contribution is 2.34. The Morgan fingerprint density at radius 3 is 2.50 bits per heavy atom. The van der Waals surface area contributed by atoms with Crippen molar-refractivity contribution in [3.8, 4) is 0 Å². The lowest BCUT2D eigenvalue weighted by Gasteiger charge is -2.15. The van der Waals surface area contributed by atoms with Gasteiger partial charge >= 0.3 is 0 Å². The van der Waals surface area contributed by atoms with E-state index in [1.54, 1.807) is 0 Å². The maximum absolute atomic E-state index is 9.50. The fourth-order valence-corrected chi connectivity index (χ4v) is 3.47. The first kappa shape index (κ1) is 20.1. The molecule has 2 aromatic rings. The maximum Gasteiger partial charge on any atom is 0.227 e. The van der Waals surface area contributed by atoms with Crippen LogP contribution in [0.3, 0.4) is 0 Å². The molecule has 2 aromatic heterocycles. The Morgan fingerprint density at radius 2 is 1.81 bits per heavy atom. The zero-order valence-corrected chi connectivity index (χ0v) is 15.7. The molecule has 0 unspecified atom stereocenters. The standard InChI is InChI=1S/C16H22N6.CH3F.CH5N/c1-2-6-12(5-1)13-11-15(21-20-13)18-14-7-8-17-16(19-14)22-9-3-4-10-22;2*1-2/h7-8,11-12H,1-6,9-10H2,(H2,17,18,19,20,21);1H3;2H2,1H3. The number of nitrogens with zero attached hydrogens (tertiary/aromatic N) is 4. The Kier molecular flexibility index (Phi) is 8.27. The van der Waals surface area contributed by atoms with Gasteiger partial charge in [-0.15, -0.1) is 0 Å². The minimum atomic E-state index is 0.500. The van der Waals surface area contributed by atoms with Crippen LogP contribution in [0.15, 0.2) is 18.3 Å². The van der Waals surface area contributed by atoms with Crippen molar-refractivity contribution < 1.29 is 4.39 Å². The van der Waals surface area contributed by atoms with Gasteiger partial charge in [-0.05, 0) is 38.8 Å². The van der Waals surface area contributed by atoms with Crippen LogP contribution in [0, 0.1) is 0 Å². The number of halogens is 1. The summed E-state index contributed by atoms with van der Waals surface area (Å²) in [6, 6.07) is 4.01. The molecule has 3 heterocycles. The van der Waals surface area contributed by atoms with Crippen molar-refractivity contribution in [3.05, 3.63) is 24.0 Å². The van der Waals surface area contributed by atoms with E-state index in [-0.39, 0.29) is 0 Å². The summed E-state index contributed by atoms with van der Waals surface area (Å²) in [7, 11) is 2.00. The van der Waals surface area contributed by atoms with Crippen molar-refractivity contribution in [1.82, 2.24) is 20.2 Å². The second kappa shape index (κ2) is 10.7. The Morgan fingerprint density at radius 1 is 1.12 bits per heavy atom. The van der Waals surface area contributed by atoms with Crippen LogP contribution in [0.1, 0.15) is 50.1 Å². The van der Waals surface area contributed by atoms with Crippen molar-refractivity contribution in [2.24, 2.45) is 5.73 Å². The van der Waals surface area contributed by atoms with Gasteiger partial charge in [-0.1, -0.05) is 12.8 Å². The third kappa shape index (κ3) is 5.14. The molecule has 144 valence electrons. The molecule has 0 amide bonds. The van der Waals surface area contributed by atoms with Gasteiger partial charge in [-0.2, -0.15) is 10.1 Å². The Labute approximate surface area is 154 Å². The quantitative estimate of drug-likeness (QED) is 0.771. The highest BCUT2D eigenvalue weighted by atomic mass is 19.1. The lowest BCUT2D eigenvalue weighted by Crippen LogP contribution is -2.20. The van der Waals surface area contributed by atoms with E-state index in [0.29, 0.717) is 13.1 Å². The summed E-state index contributed by atoms with van der Waals surface area (Å²) < 4.78 is 9.50. The number of hydrogen-bond acceptors (Lipinski definition) is 6. The topological polar surface area (TPSA) is 95.7 Å². The lowest BCUT2D eigenvalue weighted by molar-refractivity contribution is 0.636. The monoisotopic (exact) mass is 363 g/mol. The van der Waals surface area contributed by atoms with Crippen LogP contribution in [0.4, 0.5) is 22.0 Å². The first-order valence-corrected chi connectivity index (χ1v) is 9.24. The van der Waals surface area contributed by atoms with Crippen molar-refractivity contribution in [1.29, 1.82) is 0 Å². The molecule has 0 aromatic carbocycles. The third-order valence-corrected chi connectivity index (χ3v) is 4.68. The summed E-state index contributed by atoms with van der Waals surface area (Å²) in [6.07, 6.45) is 9.47. The van der Waals surface area contributed by atoms with Gasteiger partial charge in [0.15, 0.2) is 5.82 Å².